The Bertz CT molecular complexity index is 498. The third-order valence-electron chi connectivity index (χ3n) is 2.73. The second-order valence-corrected chi connectivity index (χ2v) is 5.45. The summed E-state index contributed by atoms with van der Waals surface area (Å²) in [6.45, 7) is 1.71. The summed E-state index contributed by atoms with van der Waals surface area (Å²) in [4.78, 5) is 38.9. The minimum atomic E-state index is -2.72. The first kappa shape index (κ1) is 13.7. The Morgan fingerprint density at radius 2 is 2.21 bits per heavy atom. The Hall–Kier alpha value is -1.68. The predicted molar refractivity (Wildman–Crippen MR) is 57.8 cm³/mol. The van der Waals surface area contributed by atoms with Crippen LogP contribution in [-0.2, 0) is 30.3 Å². The lowest BCUT2D eigenvalue weighted by Crippen LogP contribution is -2.35. The molecule has 0 N–H and O–H groups in total. The zero-order chi connectivity index (χ0) is 14.2. The number of hydrogen-bond acceptors (Lipinski definition) is 8. The molecule has 0 aromatic carbocycles. The molecule has 104 valence electrons. The van der Waals surface area contributed by atoms with Gasteiger partial charge in [-0.2, -0.15) is 10.2 Å². The molecular formula is C9H10N3O6S-. The van der Waals surface area contributed by atoms with Gasteiger partial charge >= 0.3 is 5.97 Å². The highest BCUT2D eigenvalue weighted by atomic mass is 32.2. The minimum absolute atomic E-state index is 0.0777. The van der Waals surface area contributed by atoms with Gasteiger partial charge in [0.25, 0.3) is 11.8 Å². The summed E-state index contributed by atoms with van der Waals surface area (Å²) in [5, 5.41) is 6.12. The Morgan fingerprint density at radius 1 is 1.58 bits per heavy atom. The van der Waals surface area contributed by atoms with E-state index in [2.05, 4.69) is 15.1 Å². The largest absolute Gasteiger partial charge is 0.772 e. The highest BCUT2D eigenvalue weighted by molar-refractivity contribution is 7.80. The third-order valence-corrected chi connectivity index (χ3v) is 3.56. The van der Waals surface area contributed by atoms with Crippen LogP contribution in [0.3, 0.4) is 0 Å². The summed E-state index contributed by atoms with van der Waals surface area (Å²) < 4.78 is 21.4. The van der Waals surface area contributed by atoms with E-state index in [0.29, 0.717) is 6.42 Å². The van der Waals surface area contributed by atoms with E-state index in [0.717, 1.165) is 0 Å². The minimum Gasteiger partial charge on any atom is -0.772 e. The van der Waals surface area contributed by atoms with E-state index in [9.17, 15) is 23.1 Å². The van der Waals surface area contributed by atoms with Crippen LogP contribution >= 0.6 is 0 Å². The van der Waals surface area contributed by atoms with Crippen molar-refractivity contribution in [3.05, 3.63) is 0 Å². The van der Waals surface area contributed by atoms with Gasteiger partial charge in [0.2, 0.25) is 0 Å². The zero-order valence-corrected chi connectivity index (χ0v) is 10.7. The first-order chi connectivity index (χ1) is 8.82. The van der Waals surface area contributed by atoms with Crippen molar-refractivity contribution in [2.45, 2.75) is 37.1 Å². The summed E-state index contributed by atoms with van der Waals surface area (Å²) in [5.74, 6) is -2.70. The normalized spacial score (nSPS) is 25.6. The molecule has 0 spiro atoms. The SMILES string of the molecule is CC1(CCC(=O)ON2C(=O)CC(S(=O)[O-])C2=O)N=N1. The first-order valence-corrected chi connectivity index (χ1v) is 6.56. The van der Waals surface area contributed by atoms with Gasteiger partial charge < -0.3 is 9.39 Å². The van der Waals surface area contributed by atoms with E-state index in [1.54, 1.807) is 6.92 Å². The number of carbonyl (C=O) groups excluding carboxylic acids is 3. The van der Waals surface area contributed by atoms with Crippen LogP contribution in [0, 0.1) is 0 Å². The second-order valence-electron chi connectivity index (χ2n) is 4.36. The van der Waals surface area contributed by atoms with Crippen molar-refractivity contribution >= 4 is 28.9 Å². The summed E-state index contributed by atoms with van der Waals surface area (Å²) in [7, 11) is 0. The van der Waals surface area contributed by atoms with Gasteiger partial charge in [-0.1, -0.05) is 0 Å². The van der Waals surface area contributed by atoms with Crippen molar-refractivity contribution < 1.29 is 28.0 Å². The first-order valence-electron chi connectivity index (χ1n) is 5.42. The topological polar surface area (TPSA) is 129 Å². The van der Waals surface area contributed by atoms with Crippen LogP contribution < -0.4 is 0 Å². The molecular weight excluding hydrogens is 278 g/mol. The number of rotatable bonds is 5. The van der Waals surface area contributed by atoms with Crippen molar-refractivity contribution in [1.82, 2.24) is 5.06 Å². The number of nitrogens with zero attached hydrogens (tertiary/aromatic N) is 3. The highest BCUT2D eigenvalue weighted by Crippen LogP contribution is 2.32. The van der Waals surface area contributed by atoms with Gasteiger partial charge in [-0.25, -0.2) is 4.79 Å². The Kier molecular flexibility index (Phi) is 3.45. The van der Waals surface area contributed by atoms with Crippen LogP contribution in [0.25, 0.3) is 0 Å². The van der Waals surface area contributed by atoms with Crippen LogP contribution in [0.4, 0.5) is 0 Å². The number of hydrogen-bond donors (Lipinski definition) is 0. The van der Waals surface area contributed by atoms with E-state index < -0.39 is 46.2 Å². The Balaban J connectivity index is 1.87. The lowest BCUT2D eigenvalue weighted by molar-refractivity contribution is -0.197. The fraction of sp³-hybridized carbons (Fsp3) is 0.667. The zero-order valence-electron chi connectivity index (χ0n) is 9.90. The van der Waals surface area contributed by atoms with E-state index in [-0.39, 0.29) is 11.5 Å². The molecule has 2 heterocycles. The fourth-order valence-electron chi connectivity index (χ4n) is 1.50. The molecule has 0 saturated carbocycles. The molecule has 2 amide bonds. The van der Waals surface area contributed by atoms with Crippen molar-refractivity contribution in [2.24, 2.45) is 10.2 Å². The number of carbonyl (C=O) groups is 3. The van der Waals surface area contributed by atoms with Crippen molar-refractivity contribution in [3.8, 4) is 0 Å². The maximum absolute atomic E-state index is 11.5. The van der Waals surface area contributed by atoms with Gasteiger partial charge in [-0.05, 0) is 18.0 Å². The summed E-state index contributed by atoms with van der Waals surface area (Å²) >= 11 is -2.72. The van der Waals surface area contributed by atoms with Crippen LogP contribution in [0.5, 0.6) is 0 Å². The fourth-order valence-corrected chi connectivity index (χ4v) is 2.04. The quantitative estimate of drug-likeness (QED) is 0.491. The molecule has 0 radical (unpaired) electrons. The summed E-state index contributed by atoms with van der Waals surface area (Å²) in [5.41, 5.74) is -0.586. The van der Waals surface area contributed by atoms with Crippen LogP contribution in [0.1, 0.15) is 26.2 Å². The van der Waals surface area contributed by atoms with Gasteiger partial charge in [0.15, 0.2) is 5.66 Å². The lowest BCUT2D eigenvalue weighted by Gasteiger charge is -2.14. The standard InChI is InChI=1S/C9H11N3O6S/c1-9(10-11-9)3-2-7(14)18-12-6(13)4-5(8(12)15)19(16)17/h5H,2-4H2,1H3,(H,16,17)/p-1. The number of hydroxylamine groups is 2. The van der Waals surface area contributed by atoms with E-state index in [1.807, 2.05) is 0 Å². The molecule has 2 unspecified atom stereocenters. The van der Waals surface area contributed by atoms with Gasteiger partial charge in [0.05, 0.1) is 12.8 Å². The lowest BCUT2D eigenvalue weighted by atomic mass is 10.1. The maximum Gasteiger partial charge on any atom is 0.333 e. The maximum atomic E-state index is 11.5. The molecule has 0 aromatic heterocycles. The molecule has 2 atom stereocenters. The molecule has 1 saturated heterocycles. The van der Waals surface area contributed by atoms with Crippen molar-refractivity contribution in [3.63, 3.8) is 0 Å². The van der Waals surface area contributed by atoms with E-state index in [4.69, 9.17) is 0 Å². The van der Waals surface area contributed by atoms with E-state index in [1.165, 1.54) is 0 Å². The van der Waals surface area contributed by atoms with E-state index >= 15 is 0 Å². The van der Waals surface area contributed by atoms with Gasteiger partial charge in [0, 0.05) is 6.42 Å². The Morgan fingerprint density at radius 3 is 2.68 bits per heavy atom. The molecule has 1 fully saturated rings. The molecule has 10 heteroatoms. The Labute approximate surface area is 110 Å². The van der Waals surface area contributed by atoms with Gasteiger partial charge in [-0.15, -0.1) is 5.06 Å². The van der Waals surface area contributed by atoms with Crippen molar-refractivity contribution in [2.75, 3.05) is 0 Å². The smallest absolute Gasteiger partial charge is 0.333 e. The summed E-state index contributed by atoms with van der Waals surface area (Å²) in [6, 6.07) is 0. The van der Waals surface area contributed by atoms with Crippen LogP contribution in [0.2, 0.25) is 0 Å². The average Bonchev–Trinajstić information content (AvgIpc) is 3.01. The molecule has 2 aliphatic rings. The molecule has 0 aromatic rings. The third kappa shape index (κ3) is 3.01. The van der Waals surface area contributed by atoms with Gasteiger partial charge in [0.1, 0.15) is 5.25 Å². The molecule has 9 nitrogen and oxygen atoms in total. The van der Waals surface area contributed by atoms with Crippen LogP contribution in [-0.4, -0.2) is 42.5 Å². The molecule has 2 aliphatic heterocycles. The van der Waals surface area contributed by atoms with Crippen molar-refractivity contribution in [1.29, 1.82) is 0 Å². The monoisotopic (exact) mass is 288 g/mol. The number of imide groups is 1. The second kappa shape index (κ2) is 4.78. The summed E-state index contributed by atoms with van der Waals surface area (Å²) in [6.07, 6.45) is -0.282. The van der Waals surface area contributed by atoms with Gasteiger partial charge in [-0.3, -0.25) is 13.8 Å². The molecule has 2 rings (SSSR count). The average molecular weight is 288 g/mol. The number of amides is 2. The highest BCUT2D eigenvalue weighted by Gasteiger charge is 2.43. The molecule has 19 heavy (non-hydrogen) atoms. The van der Waals surface area contributed by atoms with Crippen LogP contribution in [0.15, 0.2) is 10.2 Å². The molecule has 0 bridgehead atoms. The molecule has 0 aliphatic carbocycles. The predicted octanol–water partition coefficient (Wildman–Crippen LogP) is -0.587.